The first-order valence-electron chi connectivity index (χ1n) is 10.6. The van der Waals surface area contributed by atoms with Gasteiger partial charge in [0, 0.05) is 36.1 Å². The Kier molecular flexibility index (Phi) is 5.83. The molecule has 32 heavy (non-hydrogen) atoms. The highest BCUT2D eigenvalue weighted by atomic mass is 32.1. The average molecular weight is 453 g/mol. The van der Waals surface area contributed by atoms with Crippen molar-refractivity contribution in [3.05, 3.63) is 53.2 Å². The molecule has 10 heteroatoms. The first-order valence-corrected chi connectivity index (χ1v) is 11.5. The molecule has 0 saturated carbocycles. The molecule has 5 rings (SSSR count). The number of para-hydroxylation sites is 1. The second-order valence-corrected chi connectivity index (χ2v) is 8.86. The van der Waals surface area contributed by atoms with E-state index in [9.17, 15) is 9.59 Å². The normalized spacial score (nSPS) is 23.4. The van der Waals surface area contributed by atoms with Crippen LogP contribution in [0.2, 0.25) is 0 Å². The van der Waals surface area contributed by atoms with Gasteiger partial charge in [-0.15, -0.1) is 11.3 Å². The molecule has 2 aliphatic rings. The first kappa shape index (κ1) is 21.0. The van der Waals surface area contributed by atoms with Crippen LogP contribution in [-0.4, -0.2) is 59.0 Å². The zero-order valence-electron chi connectivity index (χ0n) is 17.6. The number of nitrogens with one attached hydrogen (secondary N) is 3. The van der Waals surface area contributed by atoms with E-state index in [0.717, 1.165) is 5.39 Å². The monoisotopic (exact) mass is 452 g/mol. The molecule has 2 amide bonds. The molecule has 0 radical (unpaired) electrons. The Morgan fingerprint density at radius 1 is 1.31 bits per heavy atom. The molecule has 2 aromatic heterocycles. The fraction of sp³-hybridized carbons (Fsp3) is 0.364. The van der Waals surface area contributed by atoms with Crippen molar-refractivity contribution >= 4 is 39.2 Å². The van der Waals surface area contributed by atoms with Crippen molar-refractivity contribution in [1.29, 1.82) is 0 Å². The Bertz CT molecular complexity index is 1140. The van der Waals surface area contributed by atoms with Crippen molar-refractivity contribution in [3.8, 4) is 0 Å². The van der Waals surface area contributed by atoms with Crippen molar-refractivity contribution in [1.82, 2.24) is 25.7 Å². The van der Waals surface area contributed by atoms with Crippen LogP contribution in [0.1, 0.15) is 29.1 Å². The predicted octanol–water partition coefficient (Wildman–Crippen LogP) is 1.96. The Balaban J connectivity index is 1.43. The van der Waals surface area contributed by atoms with Gasteiger partial charge in [0.1, 0.15) is 6.10 Å². The number of anilines is 1. The number of nitrogens with zero attached hydrogens (tertiary/aromatic N) is 3. The van der Waals surface area contributed by atoms with Crippen molar-refractivity contribution < 1.29 is 14.3 Å². The summed E-state index contributed by atoms with van der Waals surface area (Å²) in [5.41, 5.74) is 8.01. The van der Waals surface area contributed by atoms with Crippen LogP contribution in [0.15, 0.2) is 41.9 Å². The maximum atomic E-state index is 13.1. The van der Waals surface area contributed by atoms with Gasteiger partial charge < -0.3 is 9.64 Å². The van der Waals surface area contributed by atoms with E-state index in [1.807, 2.05) is 41.5 Å². The molecule has 1 aromatic carbocycles. The number of carbonyl (C=O) groups excluding carboxylic acids is 2. The summed E-state index contributed by atoms with van der Waals surface area (Å²) in [6.07, 6.45) is 1.25. The molecule has 0 spiro atoms. The number of fused-ring (bicyclic) bond motifs is 1. The van der Waals surface area contributed by atoms with Gasteiger partial charge in [0.25, 0.3) is 5.91 Å². The molecule has 166 valence electrons. The Hall–Kier alpha value is -2.92. The number of hydrogen-bond donors (Lipinski definition) is 3. The van der Waals surface area contributed by atoms with Crippen molar-refractivity contribution in [2.24, 2.45) is 5.92 Å². The molecule has 3 unspecified atom stereocenters. The predicted molar refractivity (Wildman–Crippen MR) is 121 cm³/mol. The van der Waals surface area contributed by atoms with E-state index in [0.29, 0.717) is 48.1 Å². The summed E-state index contributed by atoms with van der Waals surface area (Å²) in [4.78, 5) is 36.9. The number of rotatable bonds is 4. The van der Waals surface area contributed by atoms with Crippen LogP contribution < -0.4 is 16.2 Å². The third kappa shape index (κ3) is 4.09. The molecule has 3 aromatic rings. The third-order valence-corrected chi connectivity index (χ3v) is 6.60. The zero-order chi connectivity index (χ0) is 22.1. The van der Waals surface area contributed by atoms with E-state index in [2.05, 4.69) is 21.2 Å². The van der Waals surface area contributed by atoms with Crippen LogP contribution in [0.25, 0.3) is 10.9 Å². The zero-order valence-corrected chi connectivity index (χ0v) is 18.4. The first-order chi connectivity index (χ1) is 15.6. The maximum Gasteiger partial charge on any atom is 0.258 e. The number of hydrogen-bond acceptors (Lipinski definition) is 8. The number of ether oxygens (including phenoxy) is 1. The SMILES string of the molecule is CC1NNCC1C(=O)N1CCOC(c2cc(C(=O)Nc3nccs3)c3ccccc3n2)C1. The second kappa shape index (κ2) is 8.91. The van der Waals surface area contributed by atoms with Crippen molar-refractivity contribution in [3.63, 3.8) is 0 Å². The fourth-order valence-electron chi connectivity index (χ4n) is 4.17. The number of carbonyl (C=O) groups is 2. The molecule has 2 saturated heterocycles. The van der Waals surface area contributed by atoms with Crippen LogP contribution in [-0.2, 0) is 9.53 Å². The average Bonchev–Trinajstić information content (AvgIpc) is 3.49. The number of benzene rings is 1. The standard InChI is InChI=1S/C22H24N6O3S/c1-13-16(11-24-27-13)21(30)28-7-8-31-19(12-28)18-10-15(14-4-2-3-5-17(14)25-18)20(29)26-22-23-6-9-32-22/h2-6,9-10,13,16,19,24,27H,7-8,11-12H2,1H3,(H,23,26,29). The molecule has 9 nitrogen and oxygen atoms in total. The lowest BCUT2D eigenvalue weighted by Gasteiger charge is -2.34. The summed E-state index contributed by atoms with van der Waals surface area (Å²) in [7, 11) is 0. The number of hydrazine groups is 1. The van der Waals surface area contributed by atoms with Crippen molar-refractivity contribution in [2.75, 3.05) is 31.6 Å². The molecule has 0 bridgehead atoms. The Morgan fingerprint density at radius 3 is 2.97 bits per heavy atom. The summed E-state index contributed by atoms with van der Waals surface area (Å²) < 4.78 is 5.99. The minimum atomic E-state index is -0.402. The van der Waals surface area contributed by atoms with E-state index in [1.54, 1.807) is 12.3 Å². The molecule has 2 fully saturated rings. The molecule has 3 atom stereocenters. The highest BCUT2D eigenvalue weighted by Crippen LogP contribution is 2.28. The Morgan fingerprint density at radius 2 is 2.19 bits per heavy atom. The summed E-state index contributed by atoms with van der Waals surface area (Å²) in [5.74, 6) is -0.260. The van der Waals surface area contributed by atoms with Crippen LogP contribution in [0, 0.1) is 5.92 Å². The van der Waals surface area contributed by atoms with E-state index >= 15 is 0 Å². The number of morpholine rings is 1. The second-order valence-electron chi connectivity index (χ2n) is 7.97. The quantitative estimate of drug-likeness (QED) is 0.555. The molecule has 3 N–H and O–H groups in total. The number of amides is 2. The smallest absolute Gasteiger partial charge is 0.258 e. The summed E-state index contributed by atoms with van der Waals surface area (Å²) >= 11 is 1.36. The molecule has 4 heterocycles. The van der Waals surface area contributed by atoms with Gasteiger partial charge in [0.2, 0.25) is 5.91 Å². The van der Waals surface area contributed by atoms with Crippen LogP contribution in [0.4, 0.5) is 5.13 Å². The van der Waals surface area contributed by atoms with E-state index in [-0.39, 0.29) is 23.8 Å². The van der Waals surface area contributed by atoms with Crippen molar-refractivity contribution in [2.45, 2.75) is 19.1 Å². The molecular weight excluding hydrogens is 428 g/mol. The number of thiazole rings is 1. The minimum Gasteiger partial charge on any atom is -0.368 e. The largest absolute Gasteiger partial charge is 0.368 e. The van der Waals surface area contributed by atoms with Gasteiger partial charge in [-0.3, -0.25) is 25.8 Å². The van der Waals surface area contributed by atoms with Crippen LogP contribution >= 0.6 is 11.3 Å². The Labute approximate surface area is 189 Å². The van der Waals surface area contributed by atoms with Gasteiger partial charge in [0.15, 0.2) is 5.13 Å². The van der Waals surface area contributed by atoms with Gasteiger partial charge in [-0.2, -0.15) is 0 Å². The fourth-order valence-corrected chi connectivity index (χ4v) is 4.69. The van der Waals surface area contributed by atoms with Crippen LogP contribution in [0.3, 0.4) is 0 Å². The maximum absolute atomic E-state index is 13.1. The summed E-state index contributed by atoms with van der Waals surface area (Å²) in [6, 6.07) is 9.37. The minimum absolute atomic E-state index is 0.0729. The van der Waals surface area contributed by atoms with Gasteiger partial charge in [-0.25, -0.2) is 9.97 Å². The van der Waals surface area contributed by atoms with Gasteiger partial charge in [-0.05, 0) is 19.1 Å². The van der Waals surface area contributed by atoms with E-state index in [1.165, 1.54) is 11.3 Å². The van der Waals surface area contributed by atoms with Crippen LogP contribution in [0.5, 0.6) is 0 Å². The lowest BCUT2D eigenvalue weighted by Crippen LogP contribution is -2.47. The topological polar surface area (TPSA) is 108 Å². The summed E-state index contributed by atoms with van der Waals surface area (Å²) in [6.45, 7) is 3.98. The van der Waals surface area contributed by atoms with E-state index < -0.39 is 6.10 Å². The highest BCUT2D eigenvalue weighted by Gasteiger charge is 2.36. The molecular formula is C22H24N6O3S. The molecule has 0 aliphatic carbocycles. The number of pyridine rings is 1. The number of aromatic nitrogens is 2. The summed E-state index contributed by atoms with van der Waals surface area (Å²) in [5, 5.41) is 5.95. The lowest BCUT2D eigenvalue weighted by atomic mass is 10.0. The van der Waals surface area contributed by atoms with Gasteiger partial charge in [0.05, 0.1) is 35.8 Å². The third-order valence-electron chi connectivity index (χ3n) is 5.91. The van der Waals surface area contributed by atoms with E-state index in [4.69, 9.17) is 9.72 Å². The molecule has 2 aliphatic heterocycles. The van der Waals surface area contributed by atoms with Gasteiger partial charge in [-0.1, -0.05) is 18.2 Å². The highest BCUT2D eigenvalue weighted by molar-refractivity contribution is 7.13. The van der Waals surface area contributed by atoms with Gasteiger partial charge >= 0.3 is 0 Å². The lowest BCUT2D eigenvalue weighted by molar-refractivity contribution is -0.143.